The Balaban J connectivity index is 1.28. The molecule has 26 heavy (non-hydrogen) atoms. The quantitative estimate of drug-likeness (QED) is 0.746. The number of urea groups is 1. The molecule has 0 aromatic heterocycles. The third-order valence-electron chi connectivity index (χ3n) is 7.43. The van der Waals surface area contributed by atoms with E-state index in [1.807, 2.05) is 0 Å². The molecule has 0 aromatic rings. The molecule has 0 aromatic carbocycles. The van der Waals surface area contributed by atoms with Gasteiger partial charge in [-0.3, -0.25) is 9.59 Å². The van der Waals surface area contributed by atoms with Crippen LogP contribution in [0.2, 0.25) is 0 Å². The van der Waals surface area contributed by atoms with Gasteiger partial charge in [-0.15, -0.1) is 0 Å². The summed E-state index contributed by atoms with van der Waals surface area (Å²) in [4.78, 5) is 42.5. The summed E-state index contributed by atoms with van der Waals surface area (Å²) in [6, 6.07) is -0.558. The number of likely N-dealkylation sites (N-methyl/N-ethyl adjacent to an activating group) is 1. The number of nitrogens with one attached hydrogen (secondary N) is 1. The van der Waals surface area contributed by atoms with Crippen molar-refractivity contribution in [2.24, 2.45) is 17.8 Å². The van der Waals surface area contributed by atoms with E-state index >= 15 is 0 Å². The zero-order valence-electron chi connectivity index (χ0n) is 15.4. The summed E-state index contributed by atoms with van der Waals surface area (Å²) in [6.45, 7) is 1.43. The molecular formula is C19H28N4O3. The molecule has 6 rings (SSSR count). The molecule has 6 aliphatic rings. The first-order chi connectivity index (χ1) is 12.4. The Kier molecular flexibility index (Phi) is 3.53. The van der Waals surface area contributed by atoms with Crippen LogP contribution in [-0.4, -0.2) is 77.4 Å². The van der Waals surface area contributed by atoms with Crippen LogP contribution >= 0.6 is 0 Å². The highest BCUT2D eigenvalue weighted by atomic mass is 16.2. The Labute approximate surface area is 154 Å². The van der Waals surface area contributed by atoms with Gasteiger partial charge < -0.3 is 20.0 Å². The van der Waals surface area contributed by atoms with E-state index in [4.69, 9.17) is 0 Å². The van der Waals surface area contributed by atoms with Gasteiger partial charge in [-0.05, 0) is 56.3 Å². The molecule has 4 saturated carbocycles. The first kappa shape index (κ1) is 16.4. The number of rotatable bonds is 1. The Bertz CT molecular complexity index is 628. The van der Waals surface area contributed by atoms with E-state index < -0.39 is 6.04 Å². The van der Waals surface area contributed by atoms with Gasteiger partial charge >= 0.3 is 6.03 Å². The number of piperazine rings is 2. The topological polar surface area (TPSA) is 73.0 Å². The van der Waals surface area contributed by atoms with Crippen molar-refractivity contribution < 1.29 is 14.4 Å². The number of carbonyl (C=O) groups is 3. The maximum atomic E-state index is 13.0. The fourth-order valence-corrected chi connectivity index (χ4v) is 6.67. The van der Waals surface area contributed by atoms with Crippen molar-refractivity contribution in [3.8, 4) is 0 Å². The van der Waals surface area contributed by atoms with Crippen molar-refractivity contribution in [3.63, 3.8) is 0 Å². The van der Waals surface area contributed by atoms with E-state index in [0.717, 1.165) is 37.0 Å². The van der Waals surface area contributed by atoms with Crippen molar-refractivity contribution in [1.82, 2.24) is 20.0 Å². The van der Waals surface area contributed by atoms with Crippen LogP contribution in [0.15, 0.2) is 0 Å². The maximum Gasteiger partial charge on any atom is 0.317 e. The third-order valence-corrected chi connectivity index (χ3v) is 7.43. The first-order valence-corrected chi connectivity index (χ1v) is 10.0. The number of fused-ring (bicyclic) bond motifs is 1. The molecule has 0 radical (unpaired) electrons. The molecule has 1 atom stereocenters. The molecule has 4 aliphatic carbocycles. The van der Waals surface area contributed by atoms with Gasteiger partial charge in [-0.1, -0.05) is 0 Å². The Hall–Kier alpha value is -1.79. The summed E-state index contributed by atoms with van der Waals surface area (Å²) in [5.74, 6) is 2.27. The first-order valence-electron chi connectivity index (χ1n) is 10.0. The van der Waals surface area contributed by atoms with E-state index in [1.165, 1.54) is 24.2 Å². The number of hydrogen-bond donors (Lipinski definition) is 1. The number of amides is 4. The SMILES string of the molecule is CN1CC(=O)N2CCN(C(=O)NC34CC5CC(CC(C5)C3)C4)C[C@H]2C1=O. The van der Waals surface area contributed by atoms with Gasteiger partial charge in [0.25, 0.3) is 0 Å². The summed E-state index contributed by atoms with van der Waals surface area (Å²) in [5.41, 5.74) is -0.0217. The molecule has 4 amide bonds. The van der Waals surface area contributed by atoms with Crippen LogP contribution in [0.3, 0.4) is 0 Å². The van der Waals surface area contributed by atoms with E-state index in [2.05, 4.69) is 5.32 Å². The highest BCUT2D eigenvalue weighted by molar-refractivity contribution is 5.95. The summed E-state index contributed by atoms with van der Waals surface area (Å²) < 4.78 is 0. The normalized spacial score (nSPS) is 41.5. The molecule has 7 heteroatoms. The lowest BCUT2D eigenvalue weighted by Crippen LogP contribution is -2.69. The number of carbonyl (C=O) groups excluding carboxylic acids is 3. The molecule has 0 unspecified atom stereocenters. The summed E-state index contributed by atoms with van der Waals surface area (Å²) in [6.07, 6.45) is 7.40. The minimum Gasteiger partial charge on any atom is -0.335 e. The minimum atomic E-state index is -0.517. The summed E-state index contributed by atoms with van der Waals surface area (Å²) in [7, 11) is 1.66. The predicted octanol–water partition coefficient (Wildman–Crippen LogP) is 0.650. The molecule has 7 nitrogen and oxygen atoms in total. The second-order valence-corrected chi connectivity index (χ2v) is 9.37. The molecule has 2 heterocycles. The van der Waals surface area contributed by atoms with E-state index in [-0.39, 0.29) is 29.9 Å². The predicted molar refractivity (Wildman–Crippen MR) is 94.1 cm³/mol. The van der Waals surface area contributed by atoms with Crippen LogP contribution in [0.4, 0.5) is 4.79 Å². The van der Waals surface area contributed by atoms with Crippen molar-refractivity contribution in [2.75, 3.05) is 33.2 Å². The second-order valence-electron chi connectivity index (χ2n) is 9.37. The van der Waals surface area contributed by atoms with Crippen molar-refractivity contribution >= 4 is 17.8 Å². The van der Waals surface area contributed by atoms with Gasteiger partial charge in [0.2, 0.25) is 11.8 Å². The second kappa shape index (κ2) is 5.60. The van der Waals surface area contributed by atoms with Gasteiger partial charge in [0.15, 0.2) is 0 Å². The summed E-state index contributed by atoms with van der Waals surface area (Å²) >= 11 is 0. The Morgan fingerprint density at radius 3 is 2.27 bits per heavy atom. The van der Waals surface area contributed by atoms with Gasteiger partial charge in [-0.25, -0.2) is 4.79 Å². The monoisotopic (exact) mass is 360 g/mol. The van der Waals surface area contributed by atoms with Crippen molar-refractivity contribution in [1.29, 1.82) is 0 Å². The largest absolute Gasteiger partial charge is 0.335 e. The van der Waals surface area contributed by atoms with E-state index in [1.54, 1.807) is 16.8 Å². The van der Waals surface area contributed by atoms with Crippen LogP contribution in [0.25, 0.3) is 0 Å². The van der Waals surface area contributed by atoms with E-state index in [0.29, 0.717) is 19.6 Å². The Morgan fingerprint density at radius 1 is 1.04 bits per heavy atom. The average molecular weight is 360 g/mol. The molecular weight excluding hydrogens is 332 g/mol. The lowest BCUT2D eigenvalue weighted by atomic mass is 9.53. The van der Waals surface area contributed by atoms with Gasteiger partial charge in [0.05, 0.1) is 13.1 Å². The van der Waals surface area contributed by atoms with Gasteiger partial charge in [-0.2, -0.15) is 0 Å². The van der Waals surface area contributed by atoms with Gasteiger partial charge in [0.1, 0.15) is 6.04 Å². The molecule has 2 aliphatic heterocycles. The standard InChI is InChI=1S/C19H28N4O3/c1-21-11-16(24)23-3-2-22(10-15(23)17(21)25)18(26)20-19-7-12-4-13(8-19)6-14(5-12)9-19/h12-15H,2-11H2,1H3,(H,20,26)/t12?,13?,14?,15-,19?/m0/s1. The number of nitrogens with zero attached hydrogens (tertiary/aromatic N) is 3. The highest BCUT2D eigenvalue weighted by Gasteiger charge is 2.52. The minimum absolute atomic E-state index is 0.0155. The molecule has 6 fully saturated rings. The molecule has 0 spiro atoms. The lowest BCUT2D eigenvalue weighted by molar-refractivity contribution is -0.157. The fourth-order valence-electron chi connectivity index (χ4n) is 6.67. The third kappa shape index (κ3) is 2.50. The smallest absolute Gasteiger partial charge is 0.317 e. The molecule has 4 bridgehead atoms. The Morgan fingerprint density at radius 2 is 1.65 bits per heavy atom. The van der Waals surface area contributed by atoms with Crippen molar-refractivity contribution in [2.45, 2.75) is 50.1 Å². The molecule has 2 saturated heterocycles. The highest BCUT2D eigenvalue weighted by Crippen LogP contribution is 2.55. The van der Waals surface area contributed by atoms with Crippen molar-refractivity contribution in [3.05, 3.63) is 0 Å². The van der Waals surface area contributed by atoms with Crippen LogP contribution in [0.1, 0.15) is 38.5 Å². The van der Waals surface area contributed by atoms with E-state index in [9.17, 15) is 14.4 Å². The zero-order valence-corrected chi connectivity index (χ0v) is 15.4. The van der Waals surface area contributed by atoms with Crippen LogP contribution in [-0.2, 0) is 9.59 Å². The lowest BCUT2D eigenvalue weighted by Gasteiger charge is -2.57. The zero-order chi connectivity index (χ0) is 18.1. The average Bonchev–Trinajstić information content (AvgIpc) is 2.57. The number of hydrogen-bond acceptors (Lipinski definition) is 3. The fraction of sp³-hybridized carbons (Fsp3) is 0.842. The molecule has 142 valence electrons. The summed E-state index contributed by atoms with van der Waals surface area (Å²) in [5, 5.41) is 3.39. The van der Waals surface area contributed by atoms with Crippen LogP contribution < -0.4 is 5.32 Å². The molecule has 1 N–H and O–H groups in total. The van der Waals surface area contributed by atoms with Crippen LogP contribution in [0.5, 0.6) is 0 Å². The maximum absolute atomic E-state index is 13.0. The van der Waals surface area contributed by atoms with Crippen LogP contribution in [0, 0.1) is 17.8 Å². The van der Waals surface area contributed by atoms with Gasteiger partial charge in [0, 0.05) is 25.7 Å².